The molecular formula is C15H23NO2. The lowest BCUT2D eigenvalue weighted by atomic mass is 9.92. The van der Waals surface area contributed by atoms with Crippen LogP contribution in [0.2, 0.25) is 0 Å². The van der Waals surface area contributed by atoms with Gasteiger partial charge in [0, 0.05) is 6.04 Å². The van der Waals surface area contributed by atoms with E-state index < -0.39 is 0 Å². The highest BCUT2D eigenvalue weighted by atomic mass is 16.5. The number of methoxy groups -OCH3 is 1. The first kappa shape index (κ1) is 13.4. The number of aliphatic hydroxyl groups is 1. The van der Waals surface area contributed by atoms with Crippen molar-refractivity contribution in [2.45, 2.75) is 44.2 Å². The summed E-state index contributed by atoms with van der Waals surface area (Å²) in [5, 5.41) is 13.3. The first-order chi connectivity index (χ1) is 8.79. The van der Waals surface area contributed by atoms with Crippen molar-refractivity contribution in [2.75, 3.05) is 13.7 Å². The predicted octanol–water partition coefficient (Wildman–Crippen LogP) is 2.13. The van der Waals surface area contributed by atoms with E-state index in [1.54, 1.807) is 7.11 Å². The Morgan fingerprint density at radius 3 is 2.61 bits per heavy atom. The van der Waals surface area contributed by atoms with Gasteiger partial charge in [-0.2, -0.15) is 0 Å². The van der Waals surface area contributed by atoms with Crippen molar-refractivity contribution in [1.82, 2.24) is 5.32 Å². The van der Waals surface area contributed by atoms with Gasteiger partial charge in [0.2, 0.25) is 0 Å². The molecule has 1 saturated carbocycles. The smallest absolute Gasteiger partial charge is 0.118 e. The van der Waals surface area contributed by atoms with Crippen molar-refractivity contribution in [3.63, 3.8) is 0 Å². The van der Waals surface area contributed by atoms with Gasteiger partial charge >= 0.3 is 0 Å². The second-order valence-electron chi connectivity index (χ2n) is 5.01. The Labute approximate surface area is 109 Å². The van der Waals surface area contributed by atoms with E-state index in [0.29, 0.717) is 0 Å². The summed E-state index contributed by atoms with van der Waals surface area (Å²) in [6.07, 6.45) is 5.28. The van der Waals surface area contributed by atoms with Gasteiger partial charge in [0.15, 0.2) is 0 Å². The van der Waals surface area contributed by atoms with Gasteiger partial charge in [-0.3, -0.25) is 0 Å². The van der Waals surface area contributed by atoms with E-state index >= 15 is 0 Å². The number of rotatable bonds is 5. The van der Waals surface area contributed by atoms with Crippen LogP contribution in [0, 0.1) is 0 Å². The molecule has 2 rings (SSSR count). The standard InChI is InChI=1S/C15H23NO2/c1-18-13-8-6-12(7-9-13)10-11-16-14-4-2-3-5-15(14)17/h6-9,14-17H,2-5,10-11H2,1H3/t14-,15-/m0/s1. The highest BCUT2D eigenvalue weighted by Gasteiger charge is 2.21. The van der Waals surface area contributed by atoms with E-state index in [-0.39, 0.29) is 12.1 Å². The first-order valence-corrected chi connectivity index (χ1v) is 6.84. The average Bonchev–Trinajstić information content (AvgIpc) is 2.42. The van der Waals surface area contributed by atoms with Gasteiger partial charge < -0.3 is 15.2 Å². The Morgan fingerprint density at radius 1 is 1.22 bits per heavy atom. The molecule has 0 amide bonds. The molecule has 0 aromatic heterocycles. The zero-order valence-corrected chi connectivity index (χ0v) is 11.1. The molecule has 1 aliphatic carbocycles. The minimum absolute atomic E-state index is 0.158. The molecular weight excluding hydrogens is 226 g/mol. The number of aliphatic hydroxyl groups excluding tert-OH is 1. The highest BCUT2D eigenvalue weighted by Crippen LogP contribution is 2.18. The van der Waals surface area contributed by atoms with Gasteiger partial charge in [0.05, 0.1) is 13.2 Å². The Balaban J connectivity index is 1.73. The summed E-state index contributed by atoms with van der Waals surface area (Å²) in [6.45, 7) is 0.925. The van der Waals surface area contributed by atoms with Crippen molar-refractivity contribution in [1.29, 1.82) is 0 Å². The summed E-state index contributed by atoms with van der Waals surface area (Å²) in [6, 6.07) is 8.46. The number of benzene rings is 1. The first-order valence-electron chi connectivity index (χ1n) is 6.84. The van der Waals surface area contributed by atoms with Crippen molar-refractivity contribution >= 4 is 0 Å². The summed E-state index contributed by atoms with van der Waals surface area (Å²) in [7, 11) is 1.68. The average molecular weight is 249 g/mol. The predicted molar refractivity (Wildman–Crippen MR) is 73.0 cm³/mol. The fraction of sp³-hybridized carbons (Fsp3) is 0.600. The van der Waals surface area contributed by atoms with E-state index in [0.717, 1.165) is 38.0 Å². The van der Waals surface area contributed by atoms with E-state index in [2.05, 4.69) is 17.4 Å². The second kappa shape index (κ2) is 6.76. The Morgan fingerprint density at radius 2 is 1.94 bits per heavy atom. The minimum atomic E-state index is -0.158. The topological polar surface area (TPSA) is 41.5 Å². The van der Waals surface area contributed by atoms with Gasteiger partial charge in [-0.15, -0.1) is 0 Å². The molecule has 2 N–H and O–H groups in total. The van der Waals surface area contributed by atoms with Crippen LogP contribution in [-0.2, 0) is 6.42 Å². The third-order valence-corrected chi connectivity index (χ3v) is 3.71. The molecule has 1 aromatic rings. The lowest BCUT2D eigenvalue weighted by Gasteiger charge is -2.28. The van der Waals surface area contributed by atoms with Gasteiger partial charge in [0.25, 0.3) is 0 Å². The maximum Gasteiger partial charge on any atom is 0.118 e. The molecule has 1 fully saturated rings. The normalized spacial score (nSPS) is 23.9. The molecule has 1 aromatic carbocycles. The summed E-state index contributed by atoms with van der Waals surface area (Å²) in [4.78, 5) is 0. The molecule has 3 heteroatoms. The zero-order valence-electron chi connectivity index (χ0n) is 11.1. The fourth-order valence-electron chi connectivity index (χ4n) is 2.54. The second-order valence-corrected chi connectivity index (χ2v) is 5.01. The third-order valence-electron chi connectivity index (χ3n) is 3.71. The Kier molecular flexibility index (Phi) is 5.02. The molecule has 0 spiro atoms. The van der Waals surface area contributed by atoms with Crippen LogP contribution in [0.15, 0.2) is 24.3 Å². The van der Waals surface area contributed by atoms with E-state index in [1.165, 1.54) is 12.0 Å². The third kappa shape index (κ3) is 3.72. The van der Waals surface area contributed by atoms with Crippen LogP contribution in [0.5, 0.6) is 5.75 Å². The number of nitrogens with one attached hydrogen (secondary N) is 1. The summed E-state index contributed by atoms with van der Waals surface area (Å²) in [5.74, 6) is 0.898. The molecule has 0 aliphatic heterocycles. The highest BCUT2D eigenvalue weighted by molar-refractivity contribution is 5.27. The van der Waals surface area contributed by atoms with Crippen LogP contribution in [0.3, 0.4) is 0 Å². The molecule has 0 heterocycles. The van der Waals surface area contributed by atoms with E-state index in [9.17, 15) is 5.11 Å². The van der Waals surface area contributed by atoms with Crippen LogP contribution < -0.4 is 10.1 Å². The summed E-state index contributed by atoms with van der Waals surface area (Å²) < 4.78 is 5.13. The maximum absolute atomic E-state index is 9.86. The van der Waals surface area contributed by atoms with Crippen LogP contribution >= 0.6 is 0 Å². The van der Waals surface area contributed by atoms with Crippen LogP contribution in [0.25, 0.3) is 0 Å². The number of hydrogen-bond donors (Lipinski definition) is 2. The Hall–Kier alpha value is -1.06. The van der Waals surface area contributed by atoms with E-state index in [4.69, 9.17) is 4.74 Å². The molecule has 0 bridgehead atoms. The summed E-state index contributed by atoms with van der Waals surface area (Å²) >= 11 is 0. The van der Waals surface area contributed by atoms with Gasteiger partial charge in [-0.05, 0) is 43.5 Å². The molecule has 18 heavy (non-hydrogen) atoms. The van der Waals surface area contributed by atoms with Crippen molar-refractivity contribution in [3.8, 4) is 5.75 Å². The van der Waals surface area contributed by atoms with Crippen LogP contribution in [0.1, 0.15) is 31.2 Å². The maximum atomic E-state index is 9.86. The lowest BCUT2D eigenvalue weighted by Crippen LogP contribution is -2.42. The minimum Gasteiger partial charge on any atom is -0.497 e. The molecule has 0 radical (unpaired) electrons. The van der Waals surface area contributed by atoms with Crippen LogP contribution in [0.4, 0.5) is 0 Å². The van der Waals surface area contributed by atoms with Gasteiger partial charge in [0.1, 0.15) is 5.75 Å². The van der Waals surface area contributed by atoms with Gasteiger partial charge in [-0.25, -0.2) is 0 Å². The van der Waals surface area contributed by atoms with Crippen LogP contribution in [-0.4, -0.2) is 30.9 Å². The number of hydrogen-bond acceptors (Lipinski definition) is 3. The largest absolute Gasteiger partial charge is 0.497 e. The molecule has 100 valence electrons. The van der Waals surface area contributed by atoms with Crippen molar-refractivity contribution in [2.24, 2.45) is 0 Å². The summed E-state index contributed by atoms with van der Waals surface area (Å²) in [5.41, 5.74) is 1.30. The molecule has 0 saturated heterocycles. The molecule has 3 nitrogen and oxygen atoms in total. The Bertz CT molecular complexity index is 350. The van der Waals surface area contributed by atoms with E-state index in [1.807, 2.05) is 12.1 Å². The SMILES string of the molecule is COc1ccc(CCN[C@H]2CCCC[C@@H]2O)cc1. The van der Waals surface area contributed by atoms with Gasteiger partial charge in [-0.1, -0.05) is 25.0 Å². The lowest BCUT2D eigenvalue weighted by molar-refractivity contribution is 0.0914. The zero-order chi connectivity index (χ0) is 12.8. The fourth-order valence-corrected chi connectivity index (χ4v) is 2.54. The quantitative estimate of drug-likeness (QED) is 0.840. The van der Waals surface area contributed by atoms with Crippen molar-refractivity contribution in [3.05, 3.63) is 29.8 Å². The number of ether oxygens (including phenoxy) is 1. The van der Waals surface area contributed by atoms with Crippen molar-refractivity contribution < 1.29 is 9.84 Å². The molecule has 1 aliphatic rings. The monoisotopic (exact) mass is 249 g/mol. The molecule has 0 unspecified atom stereocenters. The molecule has 2 atom stereocenters.